The zero-order chi connectivity index (χ0) is 18.4. The van der Waals surface area contributed by atoms with E-state index in [0.717, 1.165) is 22.4 Å². The molecule has 3 aromatic rings. The number of rotatable bonds is 6. The van der Waals surface area contributed by atoms with Crippen molar-refractivity contribution in [2.75, 3.05) is 19.5 Å². The molecule has 0 spiro atoms. The van der Waals surface area contributed by atoms with Crippen LogP contribution in [-0.2, 0) is 11.2 Å². The summed E-state index contributed by atoms with van der Waals surface area (Å²) in [6.07, 6.45) is 0.198. The molecule has 0 aliphatic rings. The molecule has 0 aliphatic heterocycles. The number of anilines is 1. The van der Waals surface area contributed by atoms with Gasteiger partial charge in [0, 0.05) is 16.8 Å². The van der Waals surface area contributed by atoms with Gasteiger partial charge in [-0.05, 0) is 29.8 Å². The lowest BCUT2D eigenvalue weighted by Gasteiger charge is -2.13. The quantitative estimate of drug-likeness (QED) is 0.711. The Hall–Kier alpha value is -3.27. The highest BCUT2D eigenvalue weighted by atomic mass is 16.5. The highest BCUT2D eigenvalue weighted by molar-refractivity contribution is 5.96. The minimum absolute atomic E-state index is 0.111. The molecule has 4 heteroatoms. The lowest BCUT2D eigenvalue weighted by atomic mass is 10.0. The van der Waals surface area contributed by atoms with Gasteiger partial charge in [0.05, 0.1) is 20.6 Å². The van der Waals surface area contributed by atoms with E-state index in [1.165, 1.54) is 0 Å². The summed E-state index contributed by atoms with van der Waals surface area (Å²) in [6, 6.07) is 23.2. The van der Waals surface area contributed by atoms with Crippen molar-refractivity contribution in [3.8, 4) is 22.6 Å². The molecule has 0 saturated carbocycles. The molecule has 1 amide bonds. The highest BCUT2D eigenvalue weighted by Gasteiger charge is 2.12. The van der Waals surface area contributed by atoms with Gasteiger partial charge < -0.3 is 14.8 Å². The monoisotopic (exact) mass is 347 g/mol. The first-order valence-corrected chi connectivity index (χ1v) is 8.36. The first-order valence-electron chi connectivity index (χ1n) is 8.36. The summed E-state index contributed by atoms with van der Waals surface area (Å²) in [5.41, 5.74) is 3.61. The second-order valence-corrected chi connectivity index (χ2v) is 5.81. The fourth-order valence-electron chi connectivity index (χ4n) is 2.85. The van der Waals surface area contributed by atoms with Gasteiger partial charge in [-0.2, -0.15) is 0 Å². The number of carbonyl (C=O) groups excluding carboxylic acids is 1. The van der Waals surface area contributed by atoms with Crippen LogP contribution < -0.4 is 14.8 Å². The first kappa shape index (κ1) is 17.5. The second-order valence-electron chi connectivity index (χ2n) is 5.81. The van der Waals surface area contributed by atoms with Crippen molar-refractivity contribution in [1.29, 1.82) is 0 Å². The molecular weight excluding hydrogens is 326 g/mol. The Morgan fingerprint density at radius 2 is 1.62 bits per heavy atom. The summed E-state index contributed by atoms with van der Waals surface area (Å²) >= 11 is 0. The van der Waals surface area contributed by atoms with Crippen LogP contribution in [0.2, 0.25) is 0 Å². The van der Waals surface area contributed by atoms with Gasteiger partial charge in [-0.3, -0.25) is 4.79 Å². The number of methoxy groups -OCH3 is 2. The van der Waals surface area contributed by atoms with E-state index in [1.807, 2.05) is 66.7 Å². The van der Waals surface area contributed by atoms with Crippen molar-refractivity contribution in [3.63, 3.8) is 0 Å². The Morgan fingerprint density at radius 1 is 0.885 bits per heavy atom. The highest BCUT2D eigenvalue weighted by Crippen LogP contribution is 2.28. The Morgan fingerprint density at radius 3 is 2.35 bits per heavy atom. The maximum Gasteiger partial charge on any atom is 0.228 e. The van der Waals surface area contributed by atoms with Crippen LogP contribution in [0.4, 0.5) is 5.69 Å². The van der Waals surface area contributed by atoms with Crippen LogP contribution in [-0.4, -0.2) is 20.1 Å². The SMILES string of the molecule is COc1ccc(OC)c(CC(=O)Nc2ccccc2-c2ccccc2)c1. The Bertz CT molecular complexity index is 891. The van der Waals surface area contributed by atoms with E-state index in [1.54, 1.807) is 20.3 Å². The molecule has 0 radical (unpaired) electrons. The van der Waals surface area contributed by atoms with Crippen LogP contribution >= 0.6 is 0 Å². The Balaban J connectivity index is 1.82. The second kappa shape index (κ2) is 8.21. The minimum Gasteiger partial charge on any atom is -0.497 e. The van der Waals surface area contributed by atoms with Crippen molar-refractivity contribution in [2.24, 2.45) is 0 Å². The smallest absolute Gasteiger partial charge is 0.228 e. The molecule has 0 atom stereocenters. The van der Waals surface area contributed by atoms with Gasteiger partial charge in [-0.25, -0.2) is 0 Å². The maximum atomic E-state index is 12.6. The lowest BCUT2D eigenvalue weighted by Crippen LogP contribution is -2.15. The zero-order valence-corrected chi connectivity index (χ0v) is 14.9. The largest absolute Gasteiger partial charge is 0.497 e. The zero-order valence-electron chi connectivity index (χ0n) is 14.9. The number of amides is 1. The standard InChI is InChI=1S/C22H21NO3/c1-25-18-12-13-21(26-2)17(14-18)15-22(24)23-20-11-7-6-10-19(20)16-8-4-3-5-9-16/h3-14H,15H2,1-2H3,(H,23,24). The number of para-hydroxylation sites is 1. The topological polar surface area (TPSA) is 47.6 Å². The molecule has 0 bridgehead atoms. The van der Waals surface area contributed by atoms with Gasteiger partial charge in [0.2, 0.25) is 5.91 Å². The number of hydrogen-bond acceptors (Lipinski definition) is 3. The predicted octanol–water partition coefficient (Wildman–Crippen LogP) is 4.55. The summed E-state index contributed by atoms with van der Waals surface area (Å²) in [7, 11) is 3.19. The van der Waals surface area contributed by atoms with E-state index in [2.05, 4.69) is 5.32 Å². The molecule has 132 valence electrons. The lowest BCUT2D eigenvalue weighted by molar-refractivity contribution is -0.115. The number of ether oxygens (including phenoxy) is 2. The van der Waals surface area contributed by atoms with Gasteiger partial charge in [-0.1, -0.05) is 48.5 Å². The number of hydrogen-bond donors (Lipinski definition) is 1. The van der Waals surface area contributed by atoms with Crippen LogP contribution in [0, 0.1) is 0 Å². The van der Waals surface area contributed by atoms with Gasteiger partial charge in [-0.15, -0.1) is 0 Å². The molecule has 0 aromatic heterocycles. The summed E-state index contributed by atoms with van der Waals surface area (Å²) in [6.45, 7) is 0. The predicted molar refractivity (Wildman–Crippen MR) is 104 cm³/mol. The van der Waals surface area contributed by atoms with E-state index in [4.69, 9.17) is 9.47 Å². The van der Waals surface area contributed by atoms with Crippen molar-refractivity contribution in [2.45, 2.75) is 6.42 Å². The molecule has 0 unspecified atom stereocenters. The van der Waals surface area contributed by atoms with Crippen LogP contribution in [0.15, 0.2) is 72.8 Å². The van der Waals surface area contributed by atoms with Crippen molar-refractivity contribution < 1.29 is 14.3 Å². The van der Waals surface area contributed by atoms with Gasteiger partial charge in [0.25, 0.3) is 0 Å². The molecule has 4 nitrogen and oxygen atoms in total. The molecule has 0 fully saturated rings. The van der Waals surface area contributed by atoms with E-state index >= 15 is 0 Å². The van der Waals surface area contributed by atoms with Gasteiger partial charge in [0.15, 0.2) is 0 Å². The summed E-state index contributed by atoms with van der Waals surface area (Å²) < 4.78 is 10.6. The number of carbonyl (C=O) groups is 1. The van der Waals surface area contributed by atoms with Crippen molar-refractivity contribution in [1.82, 2.24) is 0 Å². The van der Waals surface area contributed by atoms with E-state index in [-0.39, 0.29) is 12.3 Å². The third-order valence-corrected chi connectivity index (χ3v) is 4.12. The summed E-state index contributed by atoms with van der Waals surface area (Å²) in [5, 5.41) is 3.01. The molecule has 3 aromatic carbocycles. The van der Waals surface area contributed by atoms with Crippen LogP contribution in [0.5, 0.6) is 11.5 Å². The van der Waals surface area contributed by atoms with E-state index < -0.39 is 0 Å². The number of nitrogens with one attached hydrogen (secondary N) is 1. The Kier molecular flexibility index (Phi) is 5.54. The Labute approximate surface area is 153 Å². The van der Waals surface area contributed by atoms with Crippen molar-refractivity contribution >= 4 is 11.6 Å². The summed E-state index contributed by atoms with van der Waals surface area (Å²) in [4.78, 5) is 12.6. The fourth-order valence-corrected chi connectivity index (χ4v) is 2.85. The third-order valence-electron chi connectivity index (χ3n) is 4.12. The first-order chi connectivity index (χ1) is 12.7. The van der Waals surface area contributed by atoms with Crippen LogP contribution in [0.1, 0.15) is 5.56 Å². The average molecular weight is 347 g/mol. The average Bonchev–Trinajstić information content (AvgIpc) is 2.69. The van der Waals surface area contributed by atoms with E-state index in [0.29, 0.717) is 11.5 Å². The van der Waals surface area contributed by atoms with Gasteiger partial charge in [0.1, 0.15) is 11.5 Å². The minimum atomic E-state index is -0.111. The van der Waals surface area contributed by atoms with Gasteiger partial charge >= 0.3 is 0 Å². The van der Waals surface area contributed by atoms with Crippen LogP contribution in [0.3, 0.4) is 0 Å². The maximum absolute atomic E-state index is 12.6. The fraction of sp³-hybridized carbons (Fsp3) is 0.136. The molecule has 1 N–H and O–H groups in total. The molecule has 0 aliphatic carbocycles. The molecule has 3 rings (SSSR count). The van der Waals surface area contributed by atoms with Crippen LogP contribution in [0.25, 0.3) is 11.1 Å². The third kappa shape index (κ3) is 4.03. The van der Waals surface area contributed by atoms with Crippen molar-refractivity contribution in [3.05, 3.63) is 78.4 Å². The van der Waals surface area contributed by atoms with E-state index in [9.17, 15) is 4.79 Å². The number of benzene rings is 3. The molecular formula is C22H21NO3. The molecule has 0 heterocycles. The molecule has 26 heavy (non-hydrogen) atoms. The molecule has 0 saturated heterocycles. The summed E-state index contributed by atoms with van der Waals surface area (Å²) in [5.74, 6) is 1.25. The normalized spacial score (nSPS) is 10.2.